The standard InChI is InChI=1S/C15H16N4.C4H10S/c1-4-13-18-14-11(10(3)16)7-9(2)8-12(14)15-17-5-6-19(13)15;1-4(2,3)5/h5-8,16H,4H2,1-3H3;5H,1-3H3. The second-order valence-corrected chi connectivity index (χ2v) is 8.35. The molecule has 5 heteroatoms. The largest absolute Gasteiger partial charge is 0.305 e. The van der Waals surface area contributed by atoms with Gasteiger partial charge in [-0.1, -0.05) is 27.7 Å². The van der Waals surface area contributed by atoms with Crippen molar-refractivity contribution < 1.29 is 0 Å². The number of nitrogens with zero attached hydrogens (tertiary/aromatic N) is 3. The summed E-state index contributed by atoms with van der Waals surface area (Å²) in [6, 6.07) is 4.12. The van der Waals surface area contributed by atoms with Crippen LogP contribution in [0.3, 0.4) is 0 Å². The summed E-state index contributed by atoms with van der Waals surface area (Å²) in [5.74, 6) is 0.978. The zero-order valence-electron chi connectivity index (χ0n) is 15.3. The van der Waals surface area contributed by atoms with E-state index < -0.39 is 0 Å². The first-order chi connectivity index (χ1) is 11.1. The van der Waals surface area contributed by atoms with Crippen molar-refractivity contribution >= 4 is 34.9 Å². The molecule has 4 nitrogen and oxygen atoms in total. The molecule has 0 aliphatic heterocycles. The maximum Gasteiger partial charge on any atom is 0.147 e. The molecule has 2 aromatic heterocycles. The molecule has 0 saturated carbocycles. The van der Waals surface area contributed by atoms with E-state index in [1.54, 1.807) is 13.1 Å². The SMILES string of the molecule is CC(C)(C)S.CCc1nc2c(C(C)=N)cc(C)cc2c2nccn12. The first kappa shape index (κ1) is 18.5. The summed E-state index contributed by atoms with van der Waals surface area (Å²) in [7, 11) is 0. The Morgan fingerprint density at radius 2 is 1.92 bits per heavy atom. The van der Waals surface area contributed by atoms with Crippen LogP contribution in [0.25, 0.3) is 16.6 Å². The Kier molecular flexibility index (Phi) is 5.33. The highest BCUT2D eigenvalue weighted by Crippen LogP contribution is 2.24. The van der Waals surface area contributed by atoms with Crippen molar-refractivity contribution in [3.8, 4) is 0 Å². The zero-order valence-corrected chi connectivity index (χ0v) is 16.2. The molecule has 3 rings (SSSR count). The number of aromatic nitrogens is 3. The summed E-state index contributed by atoms with van der Waals surface area (Å²) in [6.45, 7) is 12.1. The van der Waals surface area contributed by atoms with E-state index in [0.717, 1.165) is 39.9 Å². The molecule has 128 valence electrons. The smallest absolute Gasteiger partial charge is 0.147 e. The highest BCUT2D eigenvalue weighted by Gasteiger charge is 2.12. The minimum absolute atomic E-state index is 0.194. The number of hydrogen-bond acceptors (Lipinski definition) is 4. The molecule has 0 fully saturated rings. The van der Waals surface area contributed by atoms with Crippen molar-refractivity contribution in [2.75, 3.05) is 0 Å². The monoisotopic (exact) mass is 342 g/mol. The van der Waals surface area contributed by atoms with Crippen molar-refractivity contribution in [2.24, 2.45) is 0 Å². The maximum atomic E-state index is 7.95. The van der Waals surface area contributed by atoms with E-state index in [0.29, 0.717) is 5.71 Å². The van der Waals surface area contributed by atoms with Gasteiger partial charge in [-0.3, -0.25) is 4.40 Å². The van der Waals surface area contributed by atoms with E-state index >= 15 is 0 Å². The highest BCUT2D eigenvalue weighted by molar-refractivity contribution is 7.81. The van der Waals surface area contributed by atoms with E-state index in [1.807, 2.05) is 23.6 Å². The molecule has 1 aromatic carbocycles. The second kappa shape index (κ2) is 6.93. The van der Waals surface area contributed by atoms with Gasteiger partial charge in [0.1, 0.15) is 11.5 Å². The summed E-state index contributed by atoms with van der Waals surface area (Å²) in [4.78, 5) is 9.19. The Bertz CT molecular complexity index is 882. The lowest BCUT2D eigenvalue weighted by atomic mass is 10.0. The first-order valence-corrected chi connectivity index (χ1v) is 8.60. The van der Waals surface area contributed by atoms with Crippen molar-refractivity contribution in [3.05, 3.63) is 41.5 Å². The third kappa shape index (κ3) is 4.15. The van der Waals surface area contributed by atoms with Gasteiger partial charge in [0, 0.05) is 40.2 Å². The fourth-order valence-electron chi connectivity index (χ4n) is 2.50. The molecule has 2 heterocycles. The Labute approximate surface area is 149 Å². The van der Waals surface area contributed by atoms with Gasteiger partial charge < -0.3 is 5.41 Å². The predicted molar refractivity (Wildman–Crippen MR) is 106 cm³/mol. The van der Waals surface area contributed by atoms with Crippen molar-refractivity contribution in [2.45, 2.75) is 52.7 Å². The van der Waals surface area contributed by atoms with Crippen LogP contribution in [0.15, 0.2) is 24.5 Å². The lowest BCUT2D eigenvalue weighted by molar-refractivity contribution is 0.812. The molecule has 1 N–H and O–H groups in total. The fraction of sp³-hybridized carbons (Fsp3) is 0.421. The summed E-state index contributed by atoms with van der Waals surface area (Å²) in [5.41, 5.74) is 4.38. The molecular weight excluding hydrogens is 316 g/mol. The van der Waals surface area contributed by atoms with Gasteiger partial charge in [-0.15, -0.1) is 0 Å². The lowest BCUT2D eigenvalue weighted by Gasteiger charge is -2.10. The normalized spacial score (nSPS) is 11.5. The van der Waals surface area contributed by atoms with Crippen LogP contribution >= 0.6 is 12.6 Å². The highest BCUT2D eigenvalue weighted by atomic mass is 32.1. The number of hydrogen-bond donors (Lipinski definition) is 2. The fourth-order valence-corrected chi connectivity index (χ4v) is 2.50. The van der Waals surface area contributed by atoms with Crippen molar-refractivity contribution in [1.82, 2.24) is 14.4 Å². The summed E-state index contributed by atoms with van der Waals surface area (Å²) >= 11 is 4.12. The van der Waals surface area contributed by atoms with Crippen LogP contribution in [0.2, 0.25) is 0 Å². The van der Waals surface area contributed by atoms with Crippen molar-refractivity contribution in [3.63, 3.8) is 0 Å². The molecule has 0 bridgehead atoms. The van der Waals surface area contributed by atoms with Gasteiger partial charge in [0.25, 0.3) is 0 Å². The topological polar surface area (TPSA) is 54.0 Å². The average molecular weight is 343 g/mol. The molecule has 0 saturated heterocycles. The number of aryl methyl sites for hydroxylation is 2. The zero-order chi connectivity index (χ0) is 18.1. The quantitative estimate of drug-likeness (QED) is 0.516. The number of nitrogens with one attached hydrogen (secondary N) is 1. The van der Waals surface area contributed by atoms with Crippen LogP contribution in [-0.4, -0.2) is 24.8 Å². The minimum Gasteiger partial charge on any atom is -0.305 e. The molecule has 3 aromatic rings. The molecule has 0 radical (unpaired) electrons. The summed E-state index contributed by atoms with van der Waals surface area (Å²) in [6.07, 6.45) is 4.59. The molecule has 0 atom stereocenters. The third-order valence-electron chi connectivity index (χ3n) is 3.38. The number of rotatable bonds is 2. The van der Waals surface area contributed by atoms with Crippen LogP contribution in [0.4, 0.5) is 0 Å². The number of imidazole rings is 1. The van der Waals surface area contributed by atoms with Gasteiger partial charge in [0.2, 0.25) is 0 Å². The molecule has 24 heavy (non-hydrogen) atoms. The summed E-state index contributed by atoms with van der Waals surface area (Å²) < 4.78 is 2.23. The van der Waals surface area contributed by atoms with Crippen LogP contribution in [0.1, 0.15) is 51.6 Å². The third-order valence-corrected chi connectivity index (χ3v) is 3.38. The average Bonchev–Trinajstić information content (AvgIpc) is 2.93. The first-order valence-electron chi connectivity index (χ1n) is 8.16. The van der Waals surface area contributed by atoms with E-state index in [4.69, 9.17) is 10.4 Å². The molecular formula is C19H26N4S. The minimum atomic E-state index is 0.194. The maximum absolute atomic E-state index is 7.95. The Morgan fingerprint density at radius 3 is 2.46 bits per heavy atom. The number of fused-ring (bicyclic) bond motifs is 3. The van der Waals surface area contributed by atoms with Crippen LogP contribution in [0.5, 0.6) is 0 Å². The molecule has 0 unspecified atom stereocenters. The Balaban J connectivity index is 0.000000368. The van der Waals surface area contributed by atoms with Gasteiger partial charge in [0.05, 0.1) is 5.52 Å². The Morgan fingerprint density at radius 1 is 1.29 bits per heavy atom. The summed E-state index contributed by atoms with van der Waals surface area (Å²) in [5, 5.41) is 8.96. The molecule has 0 spiro atoms. The second-order valence-electron chi connectivity index (χ2n) is 7.01. The van der Waals surface area contributed by atoms with Gasteiger partial charge in [-0.25, -0.2) is 9.97 Å². The molecule has 0 aliphatic rings. The van der Waals surface area contributed by atoms with E-state index in [1.165, 1.54) is 0 Å². The van der Waals surface area contributed by atoms with Gasteiger partial charge in [-0.05, 0) is 31.5 Å². The van der Waals surface area contributed by atoms with E-state index in [-0.39, 0.29) is 4.75 Å². The number of benzene rings is 1. The van der Waals surface area contributed by atoms with Crippen molar-refractivity contribution in [1.29, 1.82) is 5.41 Å². The van der Waals surface area contributed by atoms with E-state index in [9.17, 15) is 0 Å². The van der Waals surface area contributed by atoms with Gasteiger partial charge >= 0.3 is 0 Å². The predicted octanol–water partition coefficient (Wildman–Crippen LogP) is 4.86. The Hall–Kier alpha value is -1.88. The van der Waals surface area contributed by atoms with Crippen LogP contribution in [0, 0.1) is 12.3 Å². The molecule has 0 aliphatic carbocycles. The van der Waals surface area contributed by atoms with Crippen LogP contribution < -0.4 is 0 Å². The molecule has 0 amide bonds. The van der Waals surface area contributed by atoms with Gasteiger partial charge in [0.15, 0.2) is 0 Å². The number of thiol groups is 1. The van der Waals surface area contributed by atoms with Gasteiger partial charge in [-0.2, -0.15) is 12.6 Å². The lowest BCUT2D eigenvalue weighted by Crippen LogP contribution is -2.04. The van der Waals surface area contributed by atoms with Crippen LogP contribution in [-0.2, 0) is 6.42 Å². The van der Waals surface area contributed by atoms with E-state index in [2.05, 4.69) is 51.4 Å².